The zero-order valence-electron chi connectivity index (χ0n) is 16.9. The minimum atomic E-state index is -1.31. The predicted octanol–water partition coefficient (Wildman–Crippen LogP) is 5.10. The highest BCUT2D eigenvalue weighted by atomic mass is 35.5. The number of rotatable bonds is 5. The summed E-state index contributed by atoms with van der Waals surface area (Å²) >= 11 is 7.93. The van der Waals surface area contributed by atoms with Crippen LogP contribution in [-0.2, 0) is 10.5 Å². The van der Waals surface area contributed by atoms with Gasteiger partial charge in [0, 0.05) is 29.1 Å². The summed E-state index contributed by atoms with van der Waals surface area (Å²) in [5.41, 5.74) is 0.0686. The Hall–Kier alpha value is -2.44. The van der Waals surface area contributed by atoms with Gasteiger partial charge < -0.3 is 14.2 Å². The number of hydrogen-bond acceptors (Lipinski definition) is 6. The second-order valence-electron chi connectivity index (χ2n) is 7.32. The van der Waals surface area contributed by atoms with Crippen molar-refractivity contribution < 1.29 is 23.8 Å². The number of ketones is 2. The molecule has 1 spiro atoms. The molecular formula is C23H21ClO5S. The first-order chi connectivity index (χ1) is 14.4. The molecule has 2 atom stereocenters. The van der Waals surface area contributed by atoms with Crippen LogP contribution in [0.1, 0.15) is 29.3 Å². The smallest absolute Gasteiger partial charge is 0.219 e. The summed E-state index contributed by atoms with van der Waals surface area (Å²) in [6.07, 6.45) is 1.75. The Morgan fingerprint density at radius 1 is 1.17 bits per heavy atom. The molecule has 0 fully saturated rings. The van der Waals surface area contributed by atoms with Crippen molar-refractivity contribution >= 4 is 34.9 Å². The van der Waals surface area contributed by atoms with E-state index >= 15 is 0 Å². The molecule has 156 valence electrons. The zero-order chi connectivity index (χ0) is 21.5. The molecule has 4 rings (SSSR count). The number of hydrogen-bond donors (Lipinski definition) is 0. The van der Waals surface area contributed by atoms with Gasteiger partial charge >= 0.3 is 0 Å². The van der Waals surface area contributed by atoms with Gasteiger partial charge in [-0.25, -0.2) is 0 Å². The molecule has 2 aromatic rings. The van der Waals surface area contributed by atoms with E-state index in [1.807, 2.05) is 37.3 Å². The van der Waals surface area contributed by atoms with E-state index in [4.69, 9.17) is 25.8 Å². The van der Waals surface area contributed by atoms with Gasteiger partial charge in [0.1, 0.15) is 22.1 Å². The van der Waals surface area contributed by atoms with E-state index in [1.54, 1.807) is 6.07 Å². The van der Waals surface area contributed by atoms with Crippen LogP contribution >= 0.6 is 23.4 Å². The van der Waals surface area contributed by atoms with Crippen LogP contribution in [0.2, 0.25) is 5.02 Å². The molecular weight excluding hydrogens is 424 g/mol. The standard InChI is InChI=1S/C23H21ClO5S/c1-13-9-15(25)10-18(30-12-14-7-5-4-6-8-14)23(13)22(26)19-16(27-2)11-17(28-3)20(24)21(19)29-23/h4-8,10-11,13H,9,12H2,1-3H3/t13-,23?/m1/s1. The Kier molecular flexibility index (Phi) is 5.55. The van der Waals surface area contributed by atoms with Crippen molar-refractivity contribution in [3.05, 3.63) is 63.5 Å². The molecule has 0 saturated carbocycles. The van der Waals surface area contributed by atoms with Gasteiger partial charge in [-0.15, -0.1) is 11.8 Å². The number of methoxy groups -OCH3 is 2. The molecule has 0 bridgehead atoms. The van der Waals surface area contributed by atoms with E-state index in [9.17, 15) is 9.59 Å². The molecule has 2 aromatic carbocycles. The van der Waals surface area contributed by atoms with Crippen molar-refractivity contribution in [3.8, 4) is 17.2 Å². The number of thioether (sulfide) groups is 1. The van der Waals surface area contributed by atoms with Crippen LogP contribution in [0.3, 0.4) is 0 Å². The van der Waals surface area contributed by atoms with Gasteiger partial charge in [-0.1, -0.05) is 48.9 Å². The Bertz CT molecular complexity index is 1050. The first kappa shape index (κ1) is 20.8. The summed E-state index contributed by atoms with van der Waals surface area (Å²) in [5, 5.41) is 0.218. The Labute approximate surface area is 184 Å². The normalized spacial score (nSPS) is 22.5. The summed E-state index contributed by atoms with van der Waals surface area (Å²) in [5.74, 6) is 0.918. The monoisotopic (exact) mass is 444 g/mol. The lowest BCUT2D eigenvalue weighted by molar-refractivity contribution is -0.117. The minimum Gasteiger partial charge on any atom is -0.496 e. The highest BCUT2D eigenvalue weighted by Crippen LogP contribution is 2.56. The highest BCUT2D eigenvalue weighted by molar-refractivity contribution is 8.02. The fraction of sp³-hybridized carbons (Fsp3) is 0.304. The maximum atomic E-state index is 13.8. The van der Waals surface area contributed by atoms with Crippen molar-refractivity contribution in [2.45, 2.75) is 24.7 Å². The number of carbonyl (C=O) groups is 2. The van der Waals surface area contributed by atoms with E-state index in [1.165, 1.54) is 32.1 Å². The number of ether oxygens (including phenoxy) is 3. The maximum absolute atomic E-state index is 13.8. The number of allylic oxidation sites excluding steroid dienone is 1. The minimum absolute atomic E-state index is 0.0216. The van der Waals surface area contributed by atoms with Crippen LogP contribution in [0.4, 0.5) is 0 Å². The number of Topliss-reactive ketones (excluding diaryl/α,β-unsaturated/α-hetero) is 1. The number of carbonyl (C=O) groups excluding carboxylic acids is 2. The summed E-state index contributed by atoms with van der Waals surface area (Å²) < 4.78 is 17.1. The molecule has 5 nitrogen and oxygen atoms in total. The lowest BCUT2D eigenvalue weighted by Crippen LogP contribution is -2.50. The van der Waals surface area contributed by atoms with Gasteiger partial charge in [-0.2, -0.15) is 0 Å². The fourth-order valence-electron chi connectivity index (χ4n) is 3.97. The van der Waals surface area contributed by atoms with E-state index < -0.39 is 5.60 Å². The SMILES string of the molecule is COc1cc(OC)c2c(c1Cl)OC1(C2=O)C(SCc2ccccc2)=CC(=O)C[C@H]1C. The predicted molar refractivity (Wildman–Crippen MR) is 117 cm³/mol. The zero-order valence-corrected chi connectivity index (χ0v) is 18.4. The summed E-state index contributed by atoms with van der Waals surface area (Å²) in [6.45, 7) is 1.86. The second kappa shape index (κ2) is 8.00. The molecule has 0 radical (unpaired) electrons. The average Bonchev–Trinajstić information content (AvgIpc) is 3.06. The molecule has 1 aliphatic carbocycles. The molecule has 1 aliphatic heterocycles. The van der Waals surface area contributed by atoms with Crippen LogP contribution in [0.25, 0.3) is 0 Å². The van der Waals surface area contributed by atoms with E-state index in [0.29, 0.717) is 22.2 Å². The Morgan fingerprint density at radius 2 is 1.87 bits per heavy atom. The maximum Gasteiger partial charge on any atom is 0.219 e. The molecule has 30 heavy (non-hydrogen) atoms. The number of halogens is 1. The third-order valence-corrected chi connectivity index (χ3v) is 7.08. The van der Waals surface area contributed by atoms with Crippen molar-refractivity contribution in [1.82, 2.24) is 0 Å². The average molecular weight is 445 g/mol. The van der Waals surface area contributed by atoms with E-state index in [0.717, 1.165) is 5.56 Å². The van der Waals surface area contributed by atoms with Crippen LogP contribution < -0.4 is 14.2 Å². The van der Waals surface area contributed by atoms with Crippen molar-refractivity contribution in [1.29, 1.82) is 0 Å². The molecule has 2 aliphatic rings. The van der Waals surface area contributed by atoms with Gasteiger partial charge in [-0.05, 0) is 11.6 Å². The first-order valence-electron chi connectivity index (χ1n) is 9.52. The molecule has 1 heterocycles. The lowest BCUT2D eigenvalue weighted by atomic mass is 9.77. The third-order valence-electron chi connectivity index (χ3n) is 5.52. The molecule has 0 amide bonds. The molecule has 0 aromatic heterocycles. The molecule has 1 unspecified atom stereocenters. The largest absolute Gasteiger partial charge is 0.496 e. The van der Waals surface area contributed by atoms with Crippen LogP contribution in [0.5, 0.6) is 17.2 Å². The van der Waals surface area contributed by atoms with Gasteiger partial charge in [-0.3, -0.25) is 9.59 Å². The van der Waals surface area contributed by atoms with E-state index in [2.05, 4.69) is 0 Å². The number of fused-ring (bicyclic) bond motifs is 1. The van der Waals surface area contributed by atoms with Crippen LogP contribution in [-0.4, -0.2) is 31.4 Å². The van der Waals surface area contributed by atoms with Gasteiger partial charge in [0.05, 0.1) is 14.2 Å². The fourth-order valence-corrected chi connectivity index (χ4v) is 5.52. The Balaban J connectivity index is 1.80. The molecule has 0 saturated heterocycles. The van der Waals surface area contributed by atoms with Gasteiger partial charge in [0.25, 0.3) is 0 Å². The quantitative estimate of drug-likeness (QED) is 0.639. The summed E-state index contributed by atoms with van der Waals surface area (Å²) in [6, 6.07) is 11.5. The van der Waals surface area contributed by atoms with E-state index in [-0.39, 0.29) is 40.2 Å². The first-order valence-corrected chi connectivity index (χ1v) is 10.9. The summed E-state index contributed by atoms with van der Waals surface area (Å²) in [7, 11) is 2.97. The lowest BCUT2D eigenvalue weighted by Gasteiger charge is -2.37. The van der Waals surface area contributed by atoms with Gasteiger partial charge in [0.2, 0.25) is 11.4 Å². The molecule has 7 heteroatoms. The van der Waals surface area contributed by atoms with Gasteiger partial charge in [0.15, 0.2) is 11.5 Å². The summed E-state index contributed by atoms with van der Waals surface area (Å²) in [4.78, 5) is 26.7. The van der Waals surface area contributed by atoms with Crippen molar-refractivity contribution in [2.75, 3.05) is 14.2 Å². The highest BCUT2D eigenvalue weighted by Gasteiger charge is 2.58. The molecule has 0 N–H and O–H groups in total. The topological polar surface area (TPSA) is 61.8 Å². The van der Waals surface area contributed by atoms with Crippen LogP contribution in [0.15, 0.2) is 47.4 Å². The second-order valence-corrected chi connectivity index (χ2v) is 8.72. The van der Waals surface area contributed by atoms with Crippen molar-refractivity contribution in [3.63, 3.8) is 0 Å². The van der Waals surface area contributed by atoms with Crippen LogP contribution in [0, 0.1) is 5.92 Å². The van der Waals surface area contributed by atoms with Crippen molar-refractivity contribution in [2.24, 2.45) is 5.92 Å². The number of benzene rings is 2. The third kappa shape index (κ3) is 3.19. The Morgan fingerprint density at radius 3 is 2.53 bits per heavy atom.